The number of hydrogen-bond acceptors (Lipinski definition) is 4. The molecule has 0 saturated heterocycles. The van der Waals surface area contributed by atoms with Crippen molar-refractivity contribution in [2.45, 2.75) is 20.4 Å². The van der Waals surface area contributed by atoms with Crippen LogP contribution in [-0.4, -0.2) is 22.8 Å². The molecule has 0 bridgehead atoms. The molecule has 26 heavy (non-hydrogen) atoms. The first-order valence-corrected chi connectivity index (χ1v) is 8.91. The third kappa shape index (κ3) is 4.17. The molecular weight excluding hydrogens is 326 g/mol. The van der Waals surface area contributed by atoms with Gasteiger partial charge in [-0.05, 0) is 55.8 Å². The van der Waals surface area contributed by atoms with Crippen LogP contribution >= 0.6 is 0 Å². The van der Waals surface area contributed by atoms with Crippen molar-refractivity contribution in [3.63, 3.8) is 0 Å². The number of nitrogens with zero attached hydrogens (tertiary/aromatic N) is 2. The van der Waals surface area contributed by atoms with Crippen LogP contribution in [-0.2, 0) is 13.6 Å². The molecule has 2 aromatic carbocycles. The van der Waals surface area contributed by atoms with Crippen LogP contribution in [0.1, 0.15) is 19.4 Å². The Kier molecular flexibility index (Phi) is 5.79. The molecule has 3 aromatic rings. The summed E-state index contributed by atoms with van der Waals surface area (Å²) in [7, 11) is 2.01. The lowest BCUT2D eigenvalue weighted by Gasteiger charge is -2.10. The predicted octanol–water partition coefficient (Wildman–Crippen LogP) is 4.50. The van der Waals surface area contributed by atoms with Gasteiger partial charge in [-0.1, -0.05) is 12.1 Å². The average Bonchev–Trinajstić information content (AvgIpc) is 3.03. The van der Waals surface area contributed by atoms with E-state index in [0.717, 1.165) is 28.7 Å². The molecule has 0 fully saturated rings. The van der Waals surface area contributed by atoms with Gasteiger partial charge in [-0.15, -0.1) is 0 Å². The van der Waals surface area contributed by atoms with Crippen LogP contribution in [0, 0.1) is 0 Å². The van der Waals surface area contributed by atoms with Crippen LogP contribution in [0.15, 0.2) is 54.7 Å². The molecule has 0 aliphatic heterocycles. The Morgan fingerprint density at radius 3 is 2.04 bits per heavy atom. The fourth-order valence-electron chi connectivity index (χ4n) is 2.78. The second kappa shape index (κ2) is 8.43. The van der Waals surface area contributed by atoms with E-state index in [0.29, 0.717) is 19.8 Å². The van der Waals surface area contributed by atoms with Gasteiger partial charge in [0.05, 0.1) is 25.1 Å². The zero-order chi connectivity index (χ0) is 18.4. The number of imidazole rings is 1. The van der Waals surface area contributed by atoms with E-state index in [1.54, 1.807) is 0 Å². The number of benzene rings is 2. The van der Waals surface area contributed by atoms with E-state index >= 15 is 0 Å². The van der Waals surface area contributed by atoms with E-state index in [1.165, 1.54) is 5.56 Å². The van der Waals surface area contributed by atoms with Gasteiger partial charge in [0.15, 0.2) is 0 Å². The van der Waals surface area contributed by atoms with Gasteiger partial charge in [0.25, 0.3) is 0 Å². The number of nitrogens with one attached hydrogen (secondary N) is 1. The Labute approximate surface area is 154 Å². The number of ether oxygens (including phenoxy) is 2. The summed E-state index contributed by atoms with van der Waals surface area (Å²) >= 11 is 0. The van der Waals surface area contributed by atoms with Crippen molar-refractivity contribution in [3.05, 3.63) is 60.3 Å². The number of aromatic nitrogens is 2. The van der Waals surface area contributed by atoms with Gasteiger partial charge in [-0.25, -0.2) is 4.98 Å². The van der Waals surface area contributed by atoms with Crippen molar-refractivity contribution in [1.82, 2.24) is 9.55 Å². The standard InChI is InChI=1S/C21H25N3O2/c1-4-25-18-10-6-16(7-11-18)14-22-21-23-15-20(24(21)3)17-8-12-19(13-9-17)26-5-2/h6-13,15H,4-5,14H2,1-3H3,(H,22,23). The Morgan fingerprint density at radius 2 is 1.46 bits per heavy atom. The maximum Gasteiger partial charge on any atom is 0.203 e. The highest BCUT2D eigenvalue weighted by Crippen LogP contribution is 2.24. The normalized spacial score (nSPS) is 10.6. The fourth-order valence-corrected chi connectivity index (χ4v) is 2.78. The van der Waals surface area contributed by atoms with E-state index < -0.39 is 0 Å². The van der Waals surface area contributed by atoms with Crippen LogP contribution in [0.25, 0.3) is 11.3 Å². The van der Waals surface area contributed by atoms with Gasteiger partial charge >= 0.3 is 0 Å². The van der Waals surface area contributed by atoms with Crippen LogP contribution in [0.5, 0.6) is 11.5 Å². The van der Waals surface area contributed by atoms with Crippen LogP contribution < -0.4 is 14.8 Å². The number of hydrogen-bond donors (Lipinski definition) is 1. The Hall–Kier alpha value is -2.95. The molecule has 5 nitrogen and oxygen atoms in total. The minimum absolute atomic E-state index is 0.671. The summed E-state index contributed by atoms with van der Waals surface area (Å²) in [5.41, 5.74) is 3.35. The van der Waals surface area contributed by atoms with Crippen LogP contribution in [0.4, 0.5) is 5.95 Å². The molecule has 0 aliphatic carbocycles. The van der Waals surface area contributed by atoms with Gasteiger partial charge in [-0.3, -0.25) is 0 Å². The van der Waals surface area contributed by atoms with Crippen LogP contribution in [0.2, 0.25) is 0 Å². The highest BCUT2D eigenvalue weighted by atomic mass is 16.5. The van der Waals surface area contributed by atoms with Crippen LogP contribution in [0.3, 0.4) is 0 Å². The molecule has 136 valence electrons. The SMILES string of the molecule is CCOc1ccc(CNc2ncc(-c3ccc(OCC)cc3)n2C)cc1. The fraction of sp³-hybridized carbons (Fsp3) is 0.286. The lowest BCUT2D eigenvalue weighted by Crippen LogP contribution is -2.05. The molecule has 5 heteroatoms. The molecule has 1 aromatic heterocycles. The van der Waals surface area contributed by atoms with Crippen molar-refractivity contribution >= 4 is 5.95 Å². The van der Waals surface area contributed by atoms with Gasteiger partial charge in [0.1, 0.15) is 11.5 Å². The monoisotopic (exact) mass is 351 g/mol. The summed E-state index contributed by atoms with van der Waals surface area (Å²) in [5.74, 6) is 2.61. The summed E-state index contributed by atoms with van der Waals surface area (Å²) in [6.07, 6.45) is 1.89. The number of rotatable bonds is 8. The third-order valence-electron chi connectivity index (χ3n) is 4.13. The first-order valence-electron chi connectivity index (χ1n) is 8.91. The Bertz CT molecular complexity index is 823. The minimum Gasteiger partial charge on any atom is -0.494 e. The lowest BCUT2D eigenvalue weighted by molar-refractivity contribution is 0.340. The topological polar surface area (TPSA) is 48.3 Å². The largest absolute Gasteiger partial charge is 0.494 e. The summed E-state index contributed by atoms with van der Waals surface area (Å²) < 4.78 is 13.0. The molecule has 1 heterocycles. The van der Waals surface area contributed by atoms with Crippen molar-refractivity contribution in [2.24, 2.45) is 7.05 Å². The molecule has 1 N–H and O–H groups in total. The molecule has 0 radical (unpaired) electrons. The Balaban J connectivity index is 1.66. The van der Waals surface area contributed by atoms with E-state index in [2.05, 4.69) is 39.1 Å². The predicted molar refractivity (Wildman–Crippen MR) is 105 cm³/mol. The summed E-state index contributed by atoms with van der Waals surface area (Å²) in [4.78, 5) is 4.51. The summed E-state index contributed by atoms with van der Waals surface area (Å²) in [6, 6.07) is 16.2. The maximum absolute atomic E-state index is 5.50. The Morgan fingerprint density at radius 1 is 0.885 bits per heavy atom. The molecule has 0 aliphatic rings. The zero-order valence-electron chi connectivity index (χ0n) is 15.5. The van der Waals surface area contributed by atoms with E-state index in [1.807, 2.05) is 51.4 Å². The van der Waals surface area contributed by atoms with Crippen molar-refractivity contribution in [3.8, 4) is 22.8 Å². The van der Waals surface area contributed by atoms with E-state index in [4.69, 9.17) is 9.47 Å². The summed E-state index contributed by atoms with van der Waals surface area (Å²) in [6.45, 7) is 6.03. The van der Waals surface area contributed by atoms with Crippen molar-refractivity contribution in [2.75, 3.05) is 18.5 Å². The molecule has 0 amide bonds. The first-order chi connectivity index (χ1) is 12.7. The molecule has 0 unspecified atom stereocenters. The zero-order valence-corrected chi connectivity index (χ0v) is 15.5. The maximum atomic E-state index is 5.50. The third-order valence-corrected chi connectivity index (χ3v) is 4.13. The molecule has 0 saturated carbocycles. The minimum atomic E-state index is 0.671. The number of anilines is 1. The van der Waals surface area contributed by atoms with E-state index in [-0.39, 0.29) is 0 Å². The van der Waals surface area contributed by atoms with Crippen molar-refractivity contribution < 1.29 is 9.47 Å². The molecule has 3 rings (SSSR count). The molecule has 0 atom stereocenters. The van der Waals surface area contributed by atoms with Gasteiger partial charge < -0.3 is 19.4 Å². The highest BCUT2D eigenvalue weighted by molar-refractivity contribution is 5.62. The van der Waals surface area contributed by atoms with E-state index in [9.17, 15) is 0 Å². The summed E-state index contributed by atoms with van der Waals surface area (Å²) in [5, 5.41) is 3.39. The van der Waals surface area contributed by atoms with Gasteiger partial charge in [0.2, 0.25) is 5.95 Å². The average molecular weight is 351 g/mol. The smallest absolute Gasteiger partial charge is 0.203 e. The molecular formula is C21H25N3O2. The lowest BCUT2D eigenvalue weighted by atomic mass is 10.1. The van der Waals surface area contributed by atoms with Crippen molar-refractivity contribution in [1.29, 1.82) is 0 Å². The first kappa shape index (κ1) is 17.9. The van der Waals surface area contributed by atoms with Gasteiger partial charge in [-0.2, -0.15) is 0 Å². The quantitative estimate of drug-likeness (QED) is 0.649. The second-order valence-electron chi connectivity index (χ2n) is 5.91. The van der Waals surface area contributed by atoms with Gasteiger partial charge in [0, 0.05) is 19.2 Å². The molecule has 0 spiro atoms. The second-order valence-corrected chi connectivity index (χ2v) is 5.91. The highest BCUT2D eigenvalue weighted by Gasteiger charge is 2.08.